The molecule has 7 nitrogen and oxygen atoms in total. The van der Waals surface area contributed by atoms with Gasteiger partial charge in [0.15, 0.2) is 5.78 Å². The molecule has 0 aromatic heterocycles. The van der Waals surface area contributed by atoms with Crippen molar-refractivity contribution in [3.8, 4) is 17.6 Å². The molecule has 7 heteroatoms. The number of Topliss-reactive ketones (excluding diaryl/α,β-unsaturated/α-hetero) is 1. The van der Waals surface area contributed by atoms with Gasteiger partial charge in [-0.25, -0.2) is 4.90 Å². The molecule has 2 bridgehead atoms. The summed E-state index contributed by atoms with van der Waals surface area (Å²) < 4.78 is 11.4. The van der Waals surface area contributed by atoms with Gasteiger partial charge >= 0.3 is 0 Å². The van der Waals surface area contributed by atoms with Crippen molar-refractivity contribution < 1.29 is 23.9 Å². The van der Waals surface area contributed by atoms with Crippen LogP contribution < -0.4 is 14.4 Å². The SMILES string of the molecule is CC#N.COc1cccc(OC)c1N1C(=O)[C@@H]2[C@H](C1=O)[C@@]1(c3ccccc3)C(=O)[C@]2(c2ccccc2)c2c1c1ccccc1c1ccccc21. The van der Waals surface area contributed by atoms with Crippen molar-refractivity contribution in [3.05, 3.63) is 150 Å². The Kier molecular flexibility index (Phi) is 7.09. The van der Waals surface area contributed by atoms with Crippen LogP contribution in [0.2, 0.25) is 0 Å². The van der Waals surface area contributed by atoms with Crippen molar-refractivity contribution in [1.82, 2.24) is 0 Å². The molecular formula is C43H32N2O5. The Morgan fingerprint density at radius 2 is 0.920 bits per heavy atom. The third-order valence-corrected chi connectivity index (χ3v) is 10.8. The van der Waals surface area contributed by atoms with E-state index in [0.29, 0.717) is 22.6 Å². The summed E-state index contributed by atoms with van der Waals surface area (Å²) in [5.41, 5.74) is 0.374. The number of nitrogens with zero attached hydrogens (tertiary/aromatic N) is 2. The van der Waals surface area contributed by atoms with E-state index in [1.165, 1.54) is 26.0 Å². The highest BCUT2D eigenvalue weighted by Crippen LogP contribution is 2.73. The lowest BCUT2D eigenvalue weighted by molar-refractivity contribution is -0.130. The van der Waals surface area contributed by atoms with Crippen molar-refractivity contribution in [1.29, 1.82) is 5.26 Å². The number of imide groups is 1. The lowest BCUT2D eigenvalue weighted by Gasteiger charge is -2.38. The summed E-state index contributed by atoms with van der Waals surface area (Å²) in [6.07, 6.45) is 0. The zero-order valence-electron chi connectivity index (χ0n) is 27.7. The Labute approximate surface area is 289 Å². The minimum absolute atomic E-state index is 0.137. The van der Waals surface area contributed by atoms with Crippen LogP contribution in [-0.2, 0) is 25.2 Å². The van der Waals surface area contributed by atoms with Gasteiger partial charge in [-0.05, 0) is 55.9 Å². The van der Waals surface area contributed by atoms with Gasteiger partial charge in [0.25, 0.3) is 0 Å². The van der Waals surface area contributed by atoms with Gasteiger partial charge in [0, 0.05) is 6.92 Å². The number of benzene rings is 6. The quantitative estimate of drug-likeness (QED) is 0.141. The second kappa shape index (κ2) is 11.4. The first-order valence-corrected chi connectivity index (χ1v) is 16.4. The van der Waals surface area contributed by atoms with Crippen LogP contribution in [0.15, 0.2) is 127 Å². The van der Waals surface area contributed by atoms with Crippen LogP contribution >= 0.6 is 0 Å². The van der Waals surface area contributed by atoms with Crippen LogP contribution in [0.25, 0.3) is 21.5 Å². The second-order valence-electron chi connectivity index (χ2n) is 12.7. The van der Waals surface area contributed by atoms with E-state index in [1.54, 1.807) is 24.3 Å². The predicted octanol–water partition coefficient (Wildman–Crippen LogP) is 7.51. The van der Waals surface area contributed by atoms with Gasteiger partial charge in [-0.3, -0.25) is 14.4 Å². The highest BCUT2D eigenvalue weighted by molar-refractivity contribution is 6.34. The van der Waals surface area contributed by atoms with Crippen molar-refractivity contribution in [2.75, 3.05) is 19.1 Å². The standard InChI is InChI=1S/C41H29NO5.C2H3N/c1-46-30-22-13-23-31(47-2)36(30)42-37(43)34-35(38(42)44)41(25-16-7-4-8-17-25)33-29-21-12-10-19-27(29)26-18-9-11-20-28(26)32(33)40(34,39(41)45)24-14-5-3-6-15-24;1-2-3/h3-23,34-35H,1-2H3;1H3/t34-,35+,40+,41-;. The zero-order valence-corrected chi connectivity index (χ0v) is 27.7. The van der Waals surface area contributed by atoms with E-state index in [9.17, 15) is 0 Å². The Balaban J connectivity index is 0.00000116. The van der Waals surface area contributed by atoms with Gasteiger partial charge < -0.3 is 9.47 Å². The number of methoxy groups -OCH3 is 2. The average molecular weight is 657 g/mol. The summed E-state index contributed by atoms with van der Waals surface area (Å²) >= 11 is 0. The number of para-hydroxylation sites is 1. The highest BCUT2D eigenvalue weighted by atomic mass is 16.5. The molecule has 2 aliphatic carbocycles. The van der Waals surface area contributed by atoms with Crippen molar-refractivity contribution in [3.63, 3.8) is 0 Å². The van der Waals surface area contributed by atoms with Crippen LogP contribution in [0.4, 0.5) is 5.69 Å². The summed E-state index contributed by atoms with van der Waals surface area (Å²) in [6, 6.07) is 42.3. The summed E-state index contributed by atoms with van der Waals surface area (Å²) in [4.78, 5) is 47.8. The molecule has 3 aliphatic rings. The summed E-state index contributed by atoms with van der Waals surface area (Å²) in [7, 11) is 3.00. The van der Waals surface area contributed by atoms with Gasteiger partial charge in [0.1, 0.15) is 17.2 Å². The van der Waals surface area contributed by atoms with Gasteiger partial charge in [-0.15, -0.1) is 0 Å². The molecule has 2 fully saturated rings. The summed E-state index contributed by atoms with van der Waals surface area (Å²) in [6.45, 7) is 1.43. The molecule has 2 amide bonds. The molecule has 4 atom stereocenters. The van der Waals surface area contributed by atoms with E-state index < -0.39 is 34.5 Å². The zero-order chi connectivity index (χ0) is 34.8. The number of ketones is 1. The lowest BCUT2D eigenvalue weighted by atomic mass is 9.59. The molecule has 1 saturated carbocycles. The van der Waals surface area contributed by atoms with E-state index in [4.69, 9.17) is 14.7 Å². The van der Waals surface area contributed by atoms with E-state index >= 15 is 14.4 Å². The number of carbonyl (C=O) groups is 3. The number of ether oxygens (including phenoxy) is 2. The fraction of sp³-hybridized carbons (Fsp3) is 0.163. The topological polar surface area (TPSA) is 96.7 Å². The first kappa shape index (κ1) is 31.0. The van der Waals surface area contributed by atoms with Crippen molar-refractivity contribution >= 4 is 44.8 Å². The maximum Gasteiger partial charge on any atom is 0.239 e. The number of hydrogen-bond acceptors (Lipinski definition) is 6. The molecule has 1 aliphatic heterocycles. The maximum atomic E-state index is 16.0. The van der Waals surface area contributed by atoms with Gasteiger partial charge in [0.05, 0.1) is 43.0 Å². The third kappa shape index (κ3) is 3.65. The second-order valence-corrected chi connectivity index (χ2v) is 12.7. The number of rotatable bonds is 5. The first-order valence-electron chi connectivity index (χ1n) is 16.4. The molecule has 0 radical (unpaired) electrons. The highest BCUT2D eigenvalue weighted by Gasteiger charge is 2.82. The number of nitriles is 1. The molecule has 0 N–H and O–H groups in total. The van der Waals surface area contributed by atoms with Crippen LogP contribution in [0.5, 0.6) is 11.5 Å². The van der Waals surface area contributed by atoms with Crippen LogP contribution in [0.1, 0.15) is 29.2 Å². The number of carbonyl (C=O) groups excluding carboxylic acids is 3. The van der Waals surface area contributed by atoms with E-state index in [-0.39, 0.29) is 11.5 Å². The van der Waals surface area contributed by atoms with Gasteiger partial charge in [-0.2, -0.15) is 5.26 Å². The molecule has 0 spiro atoms. The largest absolute Gasteiger partial charge is 0.494 e. The number of amides is 2. The normalized spacial score (nSPS) is 22.9. The van der Waals surface area contributed by atoms with E-state index in [1.807, 2.05) is 84.9 Å². The molecule has 0 unspecified atom stereocenters. The number of fused-ring (bicyclic) bond motifs is 13. The number of hydrogen-bond donors (Lipinski definition) is 0. The summed E-state index contributed by atoms with van der Waals surface area (Å²) in [5.74, 6) is -2.39. The van der Waals surface area contributed by atoms with Crippen molar-refractivity contribution in [2.45, 2.75) is 17.8 Å². The third-order valence-electron chi connectivity index (χ3n) is 10.8. The van der Waals surface area contributed by atoms with Gasteiger partial charge in [-0.1, -0.05) is 115 Å². The Hall–Kier alpha value is -6.26. The molecule has 244 valence electrons. The molecule has 6 aromatic carbocycles. The molecule has 6 aromatic rings. The molecular weight excluding hydrogens is 624 g/mol. The van der Waals surface area contributed by atoms with Crippen LogP contribution in [0.3, 0.4) is 0 Å². The molecule has 1 heterocycles. The fourth-order valence-corrected chi connectivity index (χ4v) is 9.22. The molecule has 9 rings (SSSR count). The Bertz CT molecular complexity index is 2260. The Morgan fingerprint density at radius 3 is 1.30 bits per heavy atom. The average Bonchev–Trinajstić information content (AvgIpc) is 3.68. The predicted molar refractivity (Wildman–Crippen MR) is 191 cm³/mol. The van der Waals surface area contributed by atoms with Crippen LogP contribution in [0, 0.1) is 23.2 Å². The molecule has 1 saturated heterocycles. The summed E-state index contributed by atoms with van der Waals surface area (Å²) in [5, 5.41) is 11.1. The number of anilines is 1. The van der Waals surface area contributed by atoms with Crippen molar-refractivity contribution in [2.24, 2.45) is 11.8 Å². The lowest BCUT2D eigenvalue weighted by Crippen LogP contribution is -2.45. The minimum atomic E-state index is -1.45. The van der Waals surface area contributed by atoms with E-state index in [2.05, 4.69) is 24.3 Å². The fourth-order valence-electron chi connectivity index (χ4n) is 9.22. The van der Waals surface area contributed by atoms with E-state index in [0.717, 1.165) is 32.7 Å². The minimum Gasteiger partial charge on any atom is -0.494 e. The Morgan fingerprint density at radius 1 is 0.560 bits per heavy atom. The molecule has 50 heavy (non-hydrogen) atoms. The van der Waals surface area contributed by atoms with Gasteiger partial charge in [0.2, 0.25) is 11.8 Å². The monoisotopic (exact) mass is 656 g/mol. The first-order chi connectivity index (χ1) is 24.4. The van der Waals surface area contributed by atoms with Crippen LogP contribution in [-0.4, -0.2) is 31.8 Å². The smallest absolute Gasteiger partial charge is 0.239 e. The maximum absolute atomic E-state index is 16.0.